The van der Waals surface area contributed by atoms with Crippen molar-refractivity contribution in [2.75, 3.05) is 18.4 Å². The number of nitrogens with one attached hydrogen (secondary N) is 1. The number of carbonyl (C=O) groups is 2. The van der Waals surface area contributed by atoms with Crippen LogP contribution in [0.15, 0.2) is 54.6 Å². The second kappa shape index (κ2) is 8.63. The summed E-state index contributed by atoms with van der Waals surface area (Å²) >= 11 is 0. The number of anilines is 1. The van der Waals surface area contributed by atoms with Gasteiger partial charge in [-0.1, -0.05) is 44.2 Å². The Bertz CT molecular complexity index is 740. The first-order valence-electron chi connectivity index (χ1n) is 8.72. The molecule has 0 aliphatic rings. The molecule has 2 aromatic carbocycles. The van der Waals surface area contributed by atoms with Crippen LogP contribution in [-0.4, -0.2) is 29.8 Å². The van der Waals surface area contributed by atoms with Crippen LogP contribution in [0.1, 0.15) is 36.7 Å². The highest BCUT2D eigenvalue weighted by atomic mass is 16.2. The van der Waals surface area contributed by atoms with Crippen LogP contribution >= 0.6 is 0 Å². The van der Waals surface area contributed by atoms with E-state index in [1.54, 1.807) is 0 Å². The summed E-state index contributed by atoms with van der Waals surface area (Å²) in [6.07, 6.45) is 0. The number of rotatable bonds is 7. The van der Waals surface area contributed by atoms with Crippen LogP contribution in [0.3, 0.4) is 0 Å². The molecular formula is C21H27N3O2. The molecular weight excluding hydrogens is 326 g/mol. The van der Waals surface area contributed by atoms with Crippen molar-refractivity contribution < 1.29 is 9.59 Å². The molecule has 2 aromatic rings. The van der Waals surface area contributed by atoms with Gasteiger partial charge < -0.3 is 16.0 Å². The van der Waals surface area contributed by atoms with E-state index >= 15 is 0 Å². The lowest BCUT2D eigenvalue weighted by Gasteiger charge is -2.32. The van der Waals surface area contributed by atoms with E-state index in [-0.39, 0.29) is 17.2 Å². The van der Waals surface area contributed by atoms with Gasteiger partial charge in [-0.25, -0.2) is 0 Å². The van der Waals surface area contributed by atoms with E-state index in [0.717, 1.165) is 11.3 Å². The molecule has 0 unspecified atom stereocenters. The van der Waals surface area contributed by atoms with Crippen LogP contribution in [0.5, 0.6) is 0 Å². The van der Waals surface area contributed by atoms with E-state index < -0.39 is 0 Å². The molecule has 138 valence electrons. The summed E-state index contributed by atoms with van der Waals surface area (Å²) in [6, 6.07) is 16.8. The van der Waals surface area contributed by atoms with Gasteiger partial charge in [0.1, 0.15) is 0 Å². The van der Waals surface area contributed by atoms with Crippen molar-refractivity contribution in [3.63, 3.8) is 0 Å². The van der Waals surface area contributed by atoms with Crippen LogP contribution in [0.4, 0.5) is 5.69 Å². The van der Waals surface area contributed by atoms with E-state index in [4.69, 9.17) is 5.73 Å². The quantitative estimate of drug-likeness (QED) is 0.802. The Morgan fingerprint density at radius 2 is 1.65 bits per heavy atom. The van der Waals surface area contributed by atoms with Crippen molar-refractivity contribution in [3.8, 4) is 0 Å². The first-order chi connectivity index (χ1) is 12.3. The second-order valence-corrected chi connectivity index (χ2v) is 7.27. The topological polar surface area (TPSA) is 75.4 Å². The Kier molecular flexibility index (Phi) is 6.52. The predicted molar refractivity (Wildman–Crippen MR) is 105 cm³/mol. The van der Waals surface area contributed by atoms with Crippen molar-refractivity contribution in [1.29, 1.82) is 0 Å². The smallest absolute Gasteiger partial charge is 0.254 e. The first kappa shape index (κ1) is 19.7. The summed E-state index contributed by atoms with van der Waals surface area (Å²) in [5.41, 5.74) is 8.09. The maximum atomic E-state index is 13.0. The molecule has 0 fully saturated rings. The molecule has 0 aliphatic heterocycles. The standard InChI is InChI=1S/C21H27N3O2/c1-16(25)23-19-11-9-17(10-12-19)13-24(15-21(2,3)14-22)20(26)18-7-5-4-6-8-18/h4-12H,13-15,22H2,1-3H3,(H,23,25). The van der Waals surface area contributed by atoms with E-state index in [9.17, 15) is 9.59 Å². The highest BCUT2D eigenvalue weighted by molar-refractivity contribution is 5.94. The molecule has 0 atom stereocenters. The maximum Gasteiger partial charge on any atom is 0.254 e. The van der Waals surface area contributed by atoms with Crippen molar-refractivity contribution in [2.24, 2.45) is 11.1 Å². The fourth-order valence-electron chi connectivity index (χ4n) is 2.66. The number of nitrogens with two attached hydrogens (primary N) is 1. The Balaban J connectivity index is 2.20. The monoisotopic (exact) mass is 353 g/mol. The Hall–Kier alpha value is -2.66. The molecule has 0 saturated carbocycles. The zero-order valence-corrected chi connectivity index (χ0v) is 15.7. The molecule has 0 radical (unpaired) electrons. The van der Waals surface area contributed by atoms with Gasteiger partial charge >= 0.3 is 0 Å². The van der Waals surface area contributed by atoms with E-state index in [1.165, 1.54) is 6.92 Å². The van der Waals surface area contributed by atoms with Gasteiger partial charge in [0.2, 0.25) is 5.91 Å². The van der Waals surface area contributed by atoms with Gasteiger partial charge in [-0.05, 0) is 41.8 Å². The van der Waals surface area contributed by atoms with Gasteiger partial charge in [0.05, 0.1) is 0 Å². The number of benzene rings is 2. The third-order valence-corrected chi connectivity index (χ3v) is 4.13. The maximum absolute atomic E-state index is 13.0. The van der Waals surface area contributed by atoms with Crippen molar-refractivity contribution in [3.05, 3.63) is 65.7 Å². The third-order valence-electron chi connectivity index (χ3n) is 4.13. The molecule has 0 aliphatic carbocycles. The van der Waals surface area contributed by atoms with Crippen LogP contribution in [0.2, 0.25) is 0 Å². The second-order valence-electron chi connectivity index (χ2n) is 7.27. The van der Waals surface area contributed by atoms with Gasteiger partial charge in [-0.2, -0.15) is 0 Å². The highest BCUT2D eigenvalue weighted by Gasteiger charge is 2.24. The van der Waals surface area contributed by atoms with Crippen molar-refractivity contribution in [1.82, 2.24) is 4.90 Å². The zero-order valence-electron chi connectivity index (χ0n) is 15.7. The first-order valence-corrected chi connectivity index (χ1v) is 8.72. The van der Waals surface area contributed by atoms with Crippen LogP contribution in [-0.2, 0) is 11.3 Å². The number of carbonyl (C=O) groups excluding carboxylic acids is 2. The molecule has 2 rings (SSSR count). The summed E-state index contributed by atoms with van der Waals surface area (Å²) in [5.74, 6) is -0.124. The molecule has 0 saturated heterocycles. The fourth-order valence-corrected chi connectivity index (χ4v) is 2.66. The number of hydrogen-bond donors (Lipinski definition) is 2. The summed E-state index contributed by atoms with van der Waals surface area (Å²) in [4.78, 5) is 25.9. The fraction of sp³-hybridized carbons (Fsp3) is 0.333. The van der Waals surface area contributed by atoms with Gasteiger partial charge in [0.15, 0.2) is 0 Å². The van der Waals surface area contributed by atoms with Gasteiger partial charge in [-0.3, -0.25) is 9.59 Å². The molecule has 0 heterocycles. The molecule has 26 heavy (non-hydrogen) atoms. The average molecular weight is 353 g/mol. The highest BCUT2D eigenvalue weighted by Crippen LogP contribution is 2.20. The predicted octanol–water partition coefficient (Wildman–Crippen LogP) is 3.27. The molecule has 0 bridgehead atoms. The Labute approximate surface area is 155 Å². The largest absolute Gasteiger partial charge is 0.334 e. The van der Waals surface area contributed by atoms with Crippen molar-refractivity contribution >= 4 is 17.5 Å². The summed E-state index contributed by atoms with van der Waals surface area (Å²) in [7, 11) is 0. The van der Waals surface area contributed by atoms with Crippen LogP contribution < -0.4 is 11.1 Å². The molecule has 2 amide bonds. The Morgan fingerprint density at radius 3 is 2.19 bits per heavy atom. The van der Waals surface area contributed by atoms with Crippen LogP contribution in [0.25, 0.3) is 0 Å². The number of hydrogen-bond acceptors (Lipinski definition) is 3. The summed E-state index contributed by atoms with van der Waals surface area (Å²) in [6.45, 7) is 7.12. The normalized spacial score (nSPS) is 11.1. The lowest BCUT2D eigenvalue weighted by molar-refractivity contribution is -0.114. The molecule has 5 heteroatoms. The molecule has 0 spiro atoms. The van der Waals surface area contributed by atoms with Gasteiger partial charge in [0.25, 0.3) is 5.91 Å². The average Bonchev–Trinajstić information content (AvgIpc) is 2.62. The minimum absolute atomic E-state index is 0.0157. The molecule has 0 aromatic heterocycles. The van der Waals surface area contributed by atoms with Gasteiger partial charge in [-0.15, -0.1) is 0 Å². The molecule has 3 N–H and O–H groups in total. The third kappa shape index (κ3) is 5.70. The summed E-state index contributed by atoms with van der Waals surface area (Å²) in [5, 5.41) is 2.75. The van der Waals surface area contributed by atoms with Crippen LogP contribution in [0, 0.1) is 5.41 Å². The Morgan fingerprint density at radius 1 is 1.04 bits per heavy atom. The van der Waals surface area contributed by atoms with E-state index in [2.05, 4.69) is 19.2 Å². The summed E-state index contributed by atoms with van der Waals surface area (Å²) < 4.78 is 0. The lowest BCUT2D eigenvalue weighted by Crippen LogP contribution is -2.41. The van der Waals surface area contributed by atoms with E-state index in [0.29, 0.717) is 25.2 Å². The minimum atomic E-state index is -0.180. The lowest BCUT2D eigenvalue weighted by atomic mass is 9.92. The van der Waals surface area contributed by atoms with Crippen molar-refractivity contribution in [2.45, 2.75) is 27.3 Å². The SMILES string of the molecule is CC(=O)Nc1ccc(CN(CC(C)(C)CN)C(=O)c2ccccc2)cc1. The number of amides is 2. The minimum Gasteiger partial charge on any atom is -0.334 e. The van der Waals surface area contributed by atoms with E-state index in [1.807, 2.05) is 59.5 Å². The van der Waals surface area contributed by atoms with Gasteiger partial charge in [0, 0.05) is 31.3 Å². The zero-order chi connectivity index (χ0) is 19.2. The number of nitrogens with zero attached hydrogens (tertiary/aromatic N) is 1. The molecule has 5 nitrogen and oxygen atoms in total.